The molecule has 119 heavy (non-hydrogen) atoms. The van der Waals surface area contributed by atoms with Crippen molar-refractivity contribution in [1.82, 2.24) is 67.4 Å². The van der Waals surface area contributed by atoms with Crippen LogP contribution in [0.3, 0.4) is 0 Å². The Hall–Kier alpha value is -15.8. The number of H-pyrrole nitrogens is 1. The second-order valence-corrected chi connectivity index (χ2v) is 30.3. The van der Waals surface area contributed by atoms with E-state index in [-0.39, 0.29) is 0 Å². The number of benzene rings is 16. The number of nitrogens with one attached hydrogen (secondary N) is 1. The first-order valence-corrected chi connectivity index (χ1v) is 40.3. The molecule has 16 aromatic carbocycles. The molecule has 0 saturated carbocycles. The van der Waals surface area contributed by atoms with Gasteiger partial charge < -0.3 is 9.55 Å². The number of para-hydroxylation sites is 8. The smallest absolute Gasteiger partial charge is 0.220 e. The van der Waals surface area contributed by atoms with Crippen molar-refractivity contribution in [2.24, 2.45) is 0 Å². The Balaban J connectivity index is 0.000000120. The van der Waals surface area contributed by atoms with Gasteiger partial charge in [0.15, 0.2) is 34.9 Å². The molecule has 0 unspecified atom stereocenters. The fourth-order valence-corrected chi connectivity index (χ4v) is 17.0. The van der Waals surface area contributed by atoms with Crippen molar-refractivity contribution in [3.8, 4) is 108 Å². The van der Waals surface area contributed by atoms with Gasteiger partial charge in [0.1, 0.15) is 0 Å². The maximum Gasteiger partial charge on any atom is 0.220 e. The number of rotatable bonds is 11. The van der Waals surface area contributed by atoms with E-state index in [1.807, 2.05) is 158 Å². The lowest BCUT2D eigenvalue weighted by molar-refractivity contribution is 1.07. The number of hydrogen-bond donors (Lipinski definition) is 1. The van der Waals surface area contributed by atoms with Crippen molar-refractivity contribution in [2.75, 3.05) is 0 Å². The van der Waals surface area contributed by atoms with E-state index in [9.17, 15) is 0 Å². The van der Waals surface area contributed by atoms with Crippen molar-refractivity contribution in [3.05, 3.63) is 405 Å². The van der Waals surface area contributed by atoms with Crippen molar-refractivity contribution in [3.63, 3.8) is 0 Å². The number of halogens is 1. The Morgan fingerprint density at radius 1 is 0.193 bits per heavy atom. The minimum atomic E-state index is 0.624. The number of aromatic amines is 1. The lowest BCUT2D eigenvalue weighted by atomic mass is 10.0. The lowest BCUT2D eigenvalue weighted by Gasteiger charge is -2.12. The Bertz CT molecular complexity index is 7880. The predicted molar refractivity (Wildman–Crippen MR) is 487 cm³/mol. The number of hydrogen-bond acceptors (Lipinski definition) is 8. The Kier molecular flexibility index (Phi) is 17.3. The van der Waals surface area contributed by atoms with Gasteiger partial charge in [0.25, 0.3) is 0 Å². The van der Waals surface area contributed by atoms with Gasteiger partial charge in [0.2, 0.25) is 11.6 Å². The third-order valence-corrected chi connectivity index (χ3v) is 22.6. The summed E-state index contributed by atoms with van der Waals surface area (Å²) in [4.78, 5) is 42.8. The van der Waals surface area contributed by atoms with E-state index in [2.05, 4.69) is 291 Å². The number of fused-ring (bicyclic) bond motifs is 16. The Morgan fingerprint density at radius 2 is 0.538 bits per heavy atom. The van der Waals surface area contributed by atoms with E-state index < -0.39 is 0 Å². The predicted octanol–water partition coefficient (Wildman–Crippen LogP) is 25.7. The van der Waals surface area contributed by atoms with Crippen molar-refractivity contribution in [1.29, 1.82) is 0 Å². The van der Waals surface area contributed by atoms with Gasteiger partial charge in [-0.25, -0.2) is 39.9 Å². The zero-order valence-corrected chi connectivity index (χ0v) is 65.4. The molecule has 14 nitrogen and oxygen atoms in total. The molecule has 0 radical (unpaired) electrons. The molecular formula is C104H67BrN14. The standard InChI is InChI=1S/C52H33N7.C31H20N4.C21H14BrN3/c1-4-15-34(16-5-1)49-54-50(35-17-6-2-7-18-35)56-51(55-49)38-19-14-22-40(31-38)57-44-24-11-10-23-41(44)42-32-36(28-30-45(42)57)37-27-29-43-48(33-37)59-47-26-13-12-25-46(47)58(52(59)53-43)39-20-8-3-9-21-39;1-2-8-22(9-3-1)34-28-12-6-7-13-29(28)35-30-19-21(15-17-27(30)33-31(34)35)20-14-16-26-24(18-20)23-10-4-5-11-25(23)32-26;22-18-13-7-12-17(14-18)21-24-19(15-8-3-1-4-9-15)23-20(25-21)16-10-5-2-6-11-16/h1-33H;1-19,32H;1-14H. The SMILES string of the molecule is Brc1cccc(-c2nc(-c3ccccc3)nc(-c3ccccc3)n2)c1.c1ccc(-c2nc(-c3ccccc3)nc(-c3cccc(-n4c5ccccc5c5cc(-c6ccc7nc8n(-c9ccccc9)c9ccccc9n8c7c6)ccc54)c3)n2)cc1.c1ccc(-n2c3ccccc3n3c4cc(-c5ccc6[nH]c7ccccc7c6c5)ccc4nc23)cc1. The molecule has 0 bridgehead atoms. The average molecular weight is 1590 g/mol. The van der Waals surface area contributed by atoms with Crippen molar-refractivity contribution >= 4 is 115 Å². The number of imidazole rings is 4. The van der Waals surface area contributed by atoms with Crippen LogP contribution in [0, 0.1) is 0 Å². The summed E-state index contributed by atoms with van der Waals surface area (Å²) in [6.45, 7) is 0. The van der Waals surface area contributed by atoms with Gasteiger partial charge in [-0.2, -0.15) is 0 Å². The molecule has 0 aliphatic heterocycles. The molecular weight excluding hydrogens is 1530 g/mol. The molecule has 0 aliphatic carbocycles. The van der Waals surface area contributed by atoms with Crippen LogP contribution in [0.4, 0.5) is 0 Å². The van der Waals surface area contributed by atoms with Crippen LogP contribution in [0.2, 0.25) is 0 Å². The van der Waals surface area contributed by atoms with E-state index in [4.69, 9.17) is 34.9 Å². The molecule has 0 aliphatic rings. The van der Waals surface area contributed by atoms with Crippen LogP contribution < -0.4 is 0 Å². The summed E-state index contributed by atoms with van der Waals surface area (Å²) >= 11 is 3.52. The fraction of sp³-hybridized carbons (Fsp3) is 0. The topological polar surface area (TPSA) is 143 Å². The van der Waals surface area contributed by atoms with Crippen molar-refractivity contribution in [2.45, 2.75) is 0 Å². The third-order valence-electron chi connectivity index (χ3n) is 22.1. The number of nitrogens with zero attached hydrogens (tertiary/aromatic N) is 13. The van der Waals surface area contributed by atoms with Gasteiger partial charge in [-0.15, -0.1) is 0 Å². The molecule has 0 spiro atoms. The largest absolute Gasteiger partial charge is 0.355 e. The average Bonchev–Trinajstić information content (AvgIpc) is 1.58. The first-order valence-electron chi connectivity index (χ1n) is 39.5. The van der Waals surface area contributed by atoms with Crippen LogP contribution in [0.5, 0.6) is 0 Å². The maximum absolute atomic E-state index is 5.17. The first kappa shape index (κ1) is 69.8. The highest BCUT2D eigenvalue weighted by molar-refractivity contribution is 9.10. The lowest BCUT2D eigenvalue weighted by Crippen LogP contribution is -2.01. The fourth-order valence-electron chi connectivity index (χ4n) is 16.6. The monoisotopic (exact) mass is 1590 g/mol. The summed E-state index contributed by atoms with van der Waals surface area (Å²) in [6.07, 6.45) is 0. The zero-order valence-electron chi connectivity index (χ0n) is 63.8. The van der Waals surface area contributed by atoms with E-state index in [0.717, 1.165) is 138 Å². The van der Waals surface area contributed by atoms with E-state index in [0.29, 0.717) is 34.9 Å². The highest BCUT2D eigenvalue weighted by Gasteiger charge is 2.23. The molecule has 24 rings (SSSR count). The summed E-state index contributed by atoms with van der Waals surface area (Å²) in [5.74, 6) is 5.73. The zero-order chi connectivity index (χ0) is 78.9. The highest BCUT2D eigenvalue weighted by Crippen LogP contribution is 2.40. The second kappa shape index (κ2) is 29.5. The first-order chi connectivity index (χ1) is 58.9. The van der Waals surface area contributed by atoms with Crippen LogP contribution in [-0.2, 0) is 0 Å². The minimum Gasteiger partial charge on any atom is -0.355 e. The van der Waals surface area contributed by atoms with Gasteiger partial charge in [-0.3, -0.25) is 17.9 Å². The summed E-state index contributed by atoms with van der Waals surface area (Å²) < 4.78 is 12.4. The Labute approximate surface area is 690 Å². The highest BCUT2D eigenvalue weighted by atomic mass is 79.9. The van der Waals surface area contributed by atoms with Crippen molar-refractivity contribution < 1.29 is 0 Å². The molecule has 0 saturated heterocycles. The summed E-state index contributed by atoms with van der Waals surface area (Å²) in [5.41, 5.74) is 26.8. The van der Waals surface area contributed by atoms with Gasteiger partial charge in [-0.05, 0) is 156 Å². The van der Waals surface area contributed by atoms with Gasteiger partial charge in [0.05, 0.1) is 55.2 Å². The number of aromatic nitrogens is 14. The summed E-state index contributed by atoms with van der Waals surface area (Å²) in [7, 11) is 0. The van der Waals surface area contributed by atoms with Crippen LogP contribution in [0.1, 0.15) is 0 Å². The van der Waals surface area contributed by atoms with Crippen LogP contribution >= 0.6 is 15.9 Å². The van der Waals surface area contributed by atoms with Gasteiger partial charge in [-0.1, -0.05) is 283 Å². The van der Waals surface area contributed by atoms with E-state index >= 15 is 0 Å². The molecule has 8 aromatic heterocycles. The molecule has 24 aromatic rings. The van der Waals surface area contributed by atoms with Gasteiger partial charge in [0, 0.05) is 87.5 Å². The second-order valence-electron chi connectivity index (χ2n) is 29.4. The molecule has 1 N–H and O–H groups in total. The van der Waals surface area contributed by atoms with E-state index in [1.165, 1.54) is 38.2 Å². The van der Waals surface area contributed by atoms with Gasteiger partial charge >= 0.3 is 0 Å². The quantitative estimate of drug-likeness (QED) is 0.135. The summed E-state index contributed by atoms with van der Waals surface area (Å²) in [6, 6.07) is 138. The molecule has 0 fully saturated rings. The maximum atomic E-state index is 5.17. The normalized spacial score (nSPS) is 11.6. The molecule has 0 atom stereocenters. The van der Waals surface area contributed by atoms with E-state index in [1.54, 1.807) is 0 Å². The molecule has 8 heterocycles. The van der Waals surface area contributed by atoms with Crippen LogP contribution in [0.15, 0.2) is 405 Å². The van der Waals surface area contributed by atoms with Crippen LogP contribution in [0.25, 0.3) is 207 Å². The van der Waals surface area contributed by atoms with Crippen LogP contribution in [-0.4, -0.2) is 67.4 Å². The minimum absolute atomic E-state index is 0.624. The summed E-state index contributed by atoms with van der Waals surface area (Å²) in [5, 5.41) is 4.87. The third kappa shape index (κ3) is 12.7. The molecule has 0 amide bonds. The molecule has 15 heteroatoms. The molecule has 560 valence electrons. The Morgan fingerprint density at radius 3 is 1.03 bits per heavy atom.